The van der Waals surface area contributed by atoms with Crippen molar-refractivity contribution in [2.24, 2.45) is 5.92 Å². The lowest BCUT2D eigenvalue weighted by Gasteiger charge is -2.35. The van der Waals surface area contributed by atoms with Crippen LogP contribution >= 0.6 is 0 Å². The van der Waals surface area contributed by atoms with E-state index >= 15 is 4.39 Å². The van der Waals surface area contributed by atoms with Crippen molar-refractivity contribution < 1.29 is 42.7 Å². The number of benzene rings is 3. The SMILES string of the molecule is CCn1cc(C(=O)O)c(=O)c2cc(F)c(N3CCN(C(=O)OCc4ccc(NC(=O)C(C)c5cc(C[C@H](C)CNC(=O)OCc6ccccc6)no5)cc4)CC3)cc21. The molecule has 0 aliphatic carbocycles. The number of rotatable bonds is 14. The van der Waals surface area contributed by atoms with Gasteiger partial charge in [0.1, 0.15) is 30.4 Å². The zero-order valence-corrected chi connectivity index (χ0v) is 32.4. The largest absolute Gasteiger partial charge is 0.477 e. The van der Waals surface area contributed by atoms with E-state index < -0.39 is 40.9 Å². The van der Waals surface area contributed by atoms with Crippen LogP contribution in [0.5, 0.6) is 0 Å². The molecule has 5 aromatic rings. The number of amides is 3. The number of carbonyl (C=O) groups excluding carboxylic acids is 3. The first kappa shape index (κ1) is 40.9. The number of halogens is 1. The Morgan fingerprint density at radius 2 is 1.62 bits per heavy atom. The first-order valence-corrected chi connectivity index (χ1v) is 19.0. The van der Waals surface area contributed by atoms with Crippen LogP contribution in [0.1, 0.15) is 59.6 Å². The quantitative estimate of drug-likeness (QED) is 0.117. The molecular formula is C42H45FN6O9. The lowest BCUT2D eigenvalue weighted by Crippen LogP contribution is -2.49. The molecule has 0 bridgehead atoms. The van der Waals surface area contributed by atoms with Crippen LogP contribution in [0, 0.1) is 11.7 Å². The van der Waals surface area contributed by atoms with E-state index in [0.717, 1.165) is 11.6 Å². The van der Waals surface area contributed by atoms with Gasteiger partial charge in [-0.3, -0.25) is 9.59 Å². The first-order valence-electron chi connectivity index (χ1n) is 19.0. The molecule has 3 aromatic carbocycles. The van der Waals surface area contributed by atoms with Gasteiger partial charge in [-0.15, -0.1) is 0 Å². The molecule has 3 N–H and O–H groups in total. The fourth-order valence-electron chi connectivity index (χ4n) is 6.58. The summed E-state index contributed by atoms with van der Waals surface area (Å²) in [6.45, 7) is 7.57. The highest BCUT2D eigenvalue weighted by atomic mass is 19.1. The van der Waals surface area contributed by atoms with E-state index in [1.54, 1.807) is 59.7 Å². The fraction of sp³-hybridized carbons (Fsp3) is 0.333. The van der Waals surface area contributed by atoms with Crippen molar-refractivity contribution in [3.8, 4) is 0 Å². The van der Waals surface area contributed by atoms with Gasteiger partial charge in [0.2, 0.25) is 11.3 Å². The number of carbonyl (C=O) groups is 4. The number of carboxylic acid groups (broad SMARTS) is 1. The number of anilines is 2. The molecule has 6 rings (SSSR count). The summed E-state index contributed by atoms with van der Waals surface area (Å²) in [5.41, 5.74) is 2.32. The lowest BCUT2D eigenvalue weighted by atomic mass is 10.0. The topological polar surface area (TPSA) is 186 Å². The third kappa shape index (κ3) is 9.99. The Labute approximate surface area is 333 Å². The van der Waals surface area contributed by atoms with Crippen LogP contribution in [0.25, 0.3) is 10.9 Å². The van der Waals surface area contributed by atoms with E-state index in [1.807, 2.05) is 37.3 Å². The number of fused-ring (bicyclic) bond motifs is 1. The van der Waals surface area contributed by atoms with E-state index in [-0.39, 0.29) is 49.2 Å². The minimum atomic E-state index is -1.37. The zero-order valence-electron chi connectivity index (χ0n) is 32.4. The van der Waals surface area contributed by atoms with Crippen LogP contribution < -0.4 is 21.0 Å². The summed E-state index contributed by atoms with van der Waals surface area (Å²) in [6.07, 6.45) is 0.760. The van der Waals surface area contributed by atoms with Gasteiger partial charge >= 0.3 is 18.2 Å². The average Bonchev–Trinajstić information content (AvgIpc) is 3.70. The summed E-state index contributed by atoms with van der Waals surface area (Å²) >= 11 is 0. The van der Waals surface area contributed by atoms with Gasteiger partial charge in [-0.2, -0.15) is 0 Å². The van der Waals surface area contributed by atoms with Gasteiger partial charge in [-0.25, -0.2) is 18.8 Å². The standard InChI is InChI=1S/C42H45FN6O9/c1-4-47-23-33(40(52)53)38(50)32-20-34(43)36(21-35(32)47)48-14-16-49(17-15-48)42(55)57-25-29-10-12-30(13-11-29)45-39(51)27(3)37-19-31(46-58-37)18-26(2)22-44-41(54)56-24-28-8-6-5-7-9-28/h5-13,19-21,23,26-27H,4,14-18,22,24-25H2,1-3H3,(H,44,54)(H,45,51)(H,52,53)/t26-,27?/m0/s1. The number of nitrogens with zero attached hydrogens (tertiary/aromatic N) is 4. The van der Waals surface area contributed by atoms with Crippen molar-refractivity contribution in [1.29, 1.82) is 0 Å². The minimum Gasteiger partial charge on any atom is -0.477 e. The number of nitrogens with one attached hydrogen (secondary N) is 2. The molecule has 1 unspecified atom stereocenters. The number of aromatic nitrogens is 2. The molecule has 304 valence electrons. The molecule has 1 aliphatic heterocycles. The second kappa shape index (κ2) is 18.5. The second-order valence-electron chi connectivity index (χ2n) is 14.2. The maximum Gasteiger partial charge on any atom is 0.410 e. The van der Waals surface area contributed by atoms with Crippen LogP contribution in [0.4, 0.5) is 25.4 Å². The Balaban J connectivity index is 0.928. The Bertz CT molecular complexity index is 2320. The maximum atomic E-state index is 15.3. The zero-order chi connectivity index (χ0) is 41.3. The maximum absolute atomic E-state index is 15.3. The number of ether oxygens (including phenoxy) is 2. The van der Waals surface area contributed by atoms with Crippen LogP contribution in [-0.4, -0.2) is 76.5 Å². The van der Waals surface area contributed by atoms with E-state index in [9.17, 15) is 29.1 Å². The molecule has 0 radical (unpaired) electrons. The molecular weight excluding hydrogens is 751 g/mol. The van der Waals surface area contributed by atoms with Gasteiger partial charge in [0.25, 0.3) is 0 Å². The van der Waals surface area contributed by atoms with Crippen molar-refractivity contribution in [3.63, 3.8) is 0 Å². The predicted molar refractivity (Wildman–Crippen MR) is 212 cm³/mol. The van der Waals surface area contributed by atoms with Gasteiger partial charge in [0, 0.05) is 62.6 Å². The molecule has 1 fully saturated rings. The van der Waals surface area contributed by atoms with Crippen LogP contribution in [0.15, 0.2) is 88.3 Å². The van der Waals surface area contributed by atoms with Crippen molar-refractivity contribution in [2.75, 3.05) is 42.9 Å². The predicted octanol–water partition coefficient (Wildman–Crippen LogP) is 6.15. The van der Waals surface area contributed by atoms with Crippen molar-refractivity contribution >= 4 is 46.3 Å². The van der Waals surface area contributed by atoms with Crippen LogP contribution in [0.2, 0.25) is 0 Å². The molecule has 3 heterocycles. The highest BCUT2D eigenvalue weighted by molar-refractivity contribution is 5.95. The van der Waals surface area contributed by atoms with Gasteiger partial charge in [-0.05, 0) is 61.6 Å². The number of hydrogen-bond acceptors (Lipinski definition) is 10. The molecule has 15 nitrogen and oxygen atoms in total. The molecule has 1 aliphatic rings. The summed E-state index contributed by atoms with van der Waals surface area (Å²) in [5.74, 6) is -2.52. The number of hydrogen-bond donors (Lipinski definition) is 3. The Hall–Kier alpha value is -6.71. The molecule has 0 spiro atoms. The number of aryl methyl sites for hydroxylation is 1. The number of carboxylic acids is 1. The Morgan fingerprint density at radius 1 is 0.931 bits per heavy atom. The molecule has 0 saturated carbocycles. The fourth-order valence-corrected chi connectivity index (χ4v) is 6.58. The van der Waals surface area contributed by atoms with Crippen LogP contribution in [0.3, 0.4) is 0 Å². The molecule has 2 atom stereocenters. The normalized spacial score (nSPS) is 13.8. The highest BCUT2D eigenvalue weighted by Gasteiger charge is 2.26. The average molecular weight is 797 g/mol. The van der Waals surface area contributed by atoms with Gasteiger partial charge in [-0.1, -0.05) is 54.5 Å². The molecule has 1 saturated heterocycles. The lowest BCUT2D eigenvalue weighted by molar-refractivity contribution is -0.117. The van der Waals surface area contributed by atoms with Gasteiger partial charge in [0.15, 0.2) is 0 Å². The van der Waals surface area contributed by atoms with Gasteiger partial charge in [0.05, 0.1) is 22.8 Å². The molecule has 3 amide bonds. The summed E-state index contributed by atoms with van der Waals surface area (Å²) in [4.78, 5) is 65.6. The van der Waals surface area contributed by atoms with E-state index in [4.69, 9.17) is 14.0 Å². The summed E-state index contributed by atoms with van der Waals surface area (Å²) < 4.78 is 33.1. The minimum absolute atomic E-state index is 0.000483. The molecule has 16 heteroatoms. The molecule has 2 aromatic heterocycles. The Kier molecular flexibility index (Phi) is 13.1. The third-order valence-corrected chi connectivity index (χ3v) is 9.94. The van der Waals surface area contributed by atoms with E-state index in [2.05, 4.69) is 15.8 Å². The second-order valence-corrected chi connectivity index (χ2v) is 14.2. The third-order valence-electron chi connectivity index (χ3n) is 9.94. The first-order chi connectivity index (χ1) is 27.9. The number of alkyl carbamates (subject to hydrolysis) is 1. The monoisotopic (exact) mass is 796 g/mol. The molecule has 58 heavy (non-hydrogen) atoms. The number of aromatic carboxylic acids is 1. The summed E-state index contributed by atoms with van der Waals surface area (Å²) in [7, 11) is 0. The summed E-state index contributed by atoms with van der Waals surface area (Å²) in [5, 5.41) is 19.1. The van der Waals surface area contributed by atoms with Crippen LogP contribution in [-0.2, 0) is 40.4 Å². The van der Waals surface area contributed by atoms with E-state index in [1.165, 1.54) is 11.1 Å². The summed E-state index contributed by atoms with van der Waals surface area (Å²) in [6, 6.07) is 20.7. The van der Waals surface area contributed by atoms with Crippen molar-refractivity contribution in [1.82, 2.24) is 19.9 Å². The number of pyridine rings is 1. The van der Waals surface area contributed by atoms with Crippen molar-refractivity contribution in [2.45, 2.75) is 52.9 Å². The highest BCUT2D eigenvalue weighted by Crippen LogP contribution is 2.27. The number of piperazine rings is 1. The Morgan fingerprint density at radius 3 is 2.31 bits per heavy atom. The van der Waals surface area contributed by atoms with Gasteiger partial charge < -0.3 is 44.1 Å². The van der Waals surface area contributed by atoms with Crippen molar-refractivity contribution in [3.05, 3.63) is 123 Å². The smallest absolute Gasteiger partial charge is 0.410 e. The van der Waals surface area contributed by atoms with E-state index in [0.29, 0.717) is 60.8 Å².